The topological polar surface area (TPSA) is 66.6 Å². The molecule has 2 saturated heterocycles. The summed E-state index contributed by atoms with van der Waals surface area (Å²) in [5.41, 5.74) is 4.02. The molecule has 7 heteroatoms. The highest BCUT2D eigenvalue weighted by atomic mass is 19.1. The van der Waals surface area contributed by atoms with E-state index in [1.807, 2.05) is 17.9 Å². The second-order valence-electron chi connectivity index (χ2n) is 7.84. The molecule has 146 valence electrons. The molecule has 1 amide bonds. The van der Waals surface area contributed by atoms with Gasteiger partial charge in [0.1, 0.15) is 11.5 Å². The van der Waals surface area contributed by atoms with Gasteiger partial charge in [0.2, 0.25) is 0 Å². The van der Waals surface area contributed by atoms with Crippen molar-refractivity contribution in [3.05, 3.63) is 35.3 Å². The average molecular weight is 382 g/mol. The fraction of sp³-hybridized carbons (Fsp3) is 0.524. The molecule has 0 aromatic rings. The lowest BCUT2D eigenvalue weighted by atomic mass is 9.88. The maximum Gasteiger partial charge on any atom is 0.272 e. The van der Waals surface area contributed by atoms with Gasteiger partial charge in [0.15, 0.2) is 0 Å². The minimum absolute atomic E-state index is 0.0282. The van der Waals surface area contributed by atoms with Crippen LogP contribution in [0.4, 0.5) is 4.39 Å². The van der Waals surface area contributed by atoms with Crippen LogP contribution in [0.5, 0.6) is 0 Å². The van der Waals surface area contributed by atoms with E-state index in [1.54, 1.807) is 6.08 Å². The number of amides is 1. The summed E-state index contributed by atoms with van der Waals surface area (Å²) in [6.45, 7) is 3.92. The van der Waals surface area contributed by atoms with Gasteiger partial charge in [-0.15, -0.1) is 0 Å². The molecule has 0 bridgehead atoms. The molecular weight excluding hydrogens is 359 g/mol. The van der Waals surface area contributed by atoms with Crippen molar-refractivity contribution in [2.24, 2.45) is 27.0 Å². The van der Waals surface area contributed by atoms with E-state index in [0.717, 1.165) is 49.3 Å². The van der Waals surface area contributed by atoms with Crippen molar-refractivity contribution in [3.63, 3.8) is 0 Å². The number of carbonyl (C=O) groups excluding carboxylic acids is 1. The Morgan fingerprint density at radius 1 is 1.36 bits per heavy atom. The van der Waals surface area contributed by atoms with E-state index in [1.165, 1.54) is 6.08 Å². The number of aliphatic imine (C=N–C) groups is 1. The van der Waals surface area contributed by atoms with E-state index >= 15 is 0 Å². The Labute approximate surface area is 163 Å². The number of carbonyl (C=O) groups is 1. The zero-order valence-corrected chi connectivity index (χ0v) is 15.9. The maximum atomic E-state index is 13.8. The predicted molar refractivity (Wildman–Crippen MR) is 105 cm³/mol. The van der Waals surface area contributed by atoms with Gasteiger partial charge in [-0.05, 0) is 37.5 Å². The summed E-state index contributed by atoms with van der Waals surface area (Å²) in [5, 5.41) is 8.74. The molecule has 28 heavy (non-hydrogen) atoms. The van der Waals surface area contributed by atoms with Crippen molar-refractivity contribution < 1.29 is 13.9 Å². The first-order valence-electron chi connectivity index (χ1n) is 10.1. The molecule has 0 aromatic carbocycles. The predicted octanol–water partition coefficient (Wildman–Crippen LogP) is 2.98. The molecule has 0 radical (unpaired) electrons. The Kier molecular flexibility index (Phi) is 4.34. The number of ether oxygens (including phenoxy) is 1. The van der Waals surface area contributed by atoms with E-state index in [-0.39, 0.29) is 29.7 Å². The Bertz CT molecular complexity index is 905. The molecule has 4 aliphatic heterocycles. The zero-order valence-electron chi connectivity index (χ0n) is 15.9. The molecule has 6 nitrogen and oxygen atoms in total. The number of rotatable bonds is 3. The number of hydrogen-bond donors (Lipinski definition) is 0. The molecule has 0 N–H and O–H groups in total. The normalized spacial score (nSPS) is 31.4. The molecule has 4 heterocycles. The van der Waals surface area contributed by atoms with Crippen LogP contribution in [0.25, 0.3) is 0 Å². The third-order valence-corrected chi connectivity index (χ3v) is 6.17. The Morgan fingerprint density at radius 3 is 3.04 bits per heavy atom. The molecule has 3 atom stereocenters. The van der Waals surface area contributed by atoms with E-state index in [2.05, 4.69) is 15.2 Å². The lowest BCUT2D eigenvalue weighted by molar-refractivity contribution is -0.127. The van der Waals surface area contributed by atoms with Crippen LogP contribution in [0.15, 0.2) is 50.5 Å². The highest BCUT2D eigenvalue weighted by molar-refractivity contribution is 6.14. The van der Waals surface area contributed by atoms with Gasteiger partial charge in [-0.1, -0.05) is 12.5 Å². The van der Waals surface area contributed by atoms with E-state index in [9.17, 15) is 9.18 Å². The second kappa shape index (κ2) is 6.88. The Morgan fingerprint density at radius 2 is 2.25 bits per heavy atom. The quantitative estimate of drug-likeness (QED) is 0.753. The molecule has 0 spiro atoms. The lowest BCUT2D eigenvalue weighted by Gasteiger charge is -2.32. The Hall–Kier alpha value is -2.41. The van der Waals surface area contributed by atoms with Gasteiger partial charge in [0.05, 0.1) is 29.2 Å². The lowest BCUT2D eigenvalue weighted by Crippen LogP contribution is -2.47. The van der Waals surface area contributed by atoms with Crippen LogP contribution in [-0.4, -0.2) is 53.7 Å². The van der Waals surface area contributed by atoms with Crippen LogP contribution >= 0.6 is 0 Å². The van der Waals surface area contributed by atoms with Crippen molar-refractivity contribution in [1.29, 1.82) is 0 Å². The fourth-order valence-electron chi connectivity index (χ4n) is 4.66. The van der Waals surface area contributed by atoms with E-state index in [4.69, 9.17) is 4.74 Å². The van der Waals surface area contributed by atoms with Crippen molar-refractivity contribution in [2.75, 3.05) is 19.7 Å². The standard InChI is InChI=1S/C21H23FN4O2/c1-2-12-8-13(22)9-17-14(12)10-18(23-17)21(27)26-6-5-16-15(11-26)20(25-24-16)19-4-3-7-28-19/h8-10,14-15,19H,2-7,11H2,1H3. The SMILES string of the molecule is CCC1=CC(F)=CC2=NC(C(=O)N3CCC4=NN=C(C5CCCO5)C4C3)=CC12. The molecule has 3 unspecified atom stereocenters. The van der Waals surface area contributed by atoms with Crippen molar-refractivity contribution in [2.45, 2.75) is 38.7 Å². The Balaban J connectivity index is 1.34. The van der Waals surface area contributed by atoms with Crippen LogP contribution in [0, 0.1) is 11.8 Å². The van der Waals surface area contributed by atoms with Gasteiger partial charge in [-0.3, -0.25) is 4.79 Å². The van der Waals surface area contributed by atoms with Crippen LogP contribution < -0.4 is 0 Å². The third-order valence-electron chi connectivity index (χ3n) is 6.17. The number of halogens is 1. The summed E-state index contributed by atoms with van der Waals surface area (Å²) in [4.78, 5) is 19.4. The van der Waals surface area contributed by atoms with Crippen molar-refractivity contribution in [3.8, 4) is 0 Å². The van der Waals surface area contributed by atoms with E-state index < -0.39 is 0 Å². The molecule has 2 fully saturated rings. The van der Waals surface area contributed by atoms with Gasteiger partial charge in [0, 0.05) is 32.0 Å². The summed E-state index contributed by atoms with van der Waals surface area (Å²) in [5.74, 6) is -0.415. The number of piperidine rings is 1. The first-order chi connectivity index (χ1) is 13.6. The number of nitrogens with zero attached hydrogens (tertiary/aromatic N) is 4. The summed E-state index contributed by atoms with van der Waals surface area (Å²) in [7, 11) is 0. The van der Waals surface area contributed by atoms with Gasteiger partial charge in [-0.2, -0.15) is 10.2 Å². The van der Waals surface area contributed by atoms with Crippen molar-refractivity contribution in [1.82, 2.24) is 4.90 Å². The smallest absolute Gasteiger partial charge is 0.272 e. The summed E-state index contributed by atoms with van der Waals surface area (Å²) in [6, 6.07) is 0. The molecule has 0 aromatic heterocycles. The second-order valence-corrected chi connectivity index (χ2v) is 7.84. The van der Waals surface area contributed by atoms with Crippen LogP contribution in [-0.2, 0) is 9.53 Å². The average Bonchev–Trinajstić information content (AvgIpc) is 3.44. The van der Waals surface area contributed by atoms with Crippen LogP contribution in [0.2, 0.25) is 0 Å². The van der Waals surface area contributed by atoms with Gasteiger partial charge in [-0.25, -0.2) is 9.38 Å². The number of fused-ring (bicyclic) bond motifs is 2. The maximum absolute atomic E-state index is 13.8. The number of allylic oxidation sites excluding steroid dienone is 5. The number of likely N-dealkylation sites (tertiary alicyclic amines) is 1. The van der Waals surface area contributed by atoms with Crippen molar-refractivity contribution >= 4 is 23.0 Å². The third kappa shape index (κ3) is 2.89. The first-order valence-corrected chi connectivity index (χ1v) is 10.1. The van der Waals surface area contributed by atoms with Crippen LogP contribution in [0.3, 0.4) is 0 Å². The van der Waals surface area contributed by atoms with E-state index in [0.29, 0.717) is 24.5 Å². The first kappa shape index (κ1) is 17.7. The molecule has 0 saturated carbocycles. The largest absolute Gasteiger partial charge is 0.372 e. The molecule has 5 aliphatic rings. The highest BCUT2D eigenvalue weighted by Crippen LogP contribution is 2.34. The van der Waals surface area contributed by atoms with Crippen LogP contribution in [0.1, 0.15) is 32.6 Å². The van der Waals surface area contributed by atoms with Gasteiger partial charge >= 0.3 is 0 Å². The monoisotopic (exact) mass is 382 g/mol. The molecular formula is C21H23FN4O2. The van der Waals surface area contributed by atoms with Gasteiger partial charge in [0.25, 0.3) is 5.91 Å². The summed E-state index contributed by atoms with van der Waals surface area (Å²) >= 11 is 0. The molecule has 1 aliphatic carbocycles. The molecule has 5 rings (SSSR count). The minimum Gasteiger partial charge on any atom is -0.372 e. The van der Waals surface area contributed by atoms with Gasteiger partial charge < -0.3 is 9.64 Å². The fourth-order valence-corrected chi connectivity index (χ4v) is 4.66. The highest BCUT2D eigenvalue weighted by Gasteiger charge is 2.40. The minimum atomic E-state index is -0.295. The summed E-state index contributed by atoms with van der Waals surface area (Å²) in [6.07, 6.45) is 8.35. The zero-order chi connectivity index (χ0) is 19.3. The summed E-state index contributed by atoms with van der Waals surface area (Å²) < 4.78 is 19.6. The number of hydrogen-bond acceptors (Lipinski definition) is 5.